The van der Waals surface area contributed by atoms with Crippen molar-refractivity contribution in [3.63, 3.8) is 0 Å². The van der Waals surface area contributed by atoms with Crippen LogP contribution in [-0.4, -0.2) is 23.8 Å². The average Bonchev–Trinajstić information content (AvgIpc) is 3.32. The van der Waals surface area contributed by atoms with E-state index in [4.69, 9.17) is 9.84 Å². The van der Waals surface area contributed by atoms with E-state index in [1.165, 1.54) is 0 Å². The molecule has 0 spiro atoms. The van der Waals surface area contributed by atoms with Crippen molar-refractivity contribution in [1.82, 2.24) is 0 Å². The number of rotatable bonds is 9. The van der Waals surface area contributed by atoms with E-state index in [0.717, 1.165) is 10.8 Å². The minimum atomic E-state index is -7.22. The average molecular weight is 973 g/mol. The summed E-state index contributed by atoms with van der Waals surface area (Å²) in [4.78, 5) is 12.4. The van der Waals surface area contributed by atoms with Crippen LogP contribution in [0.1, 0.15) is 10.4 Å². The van der Waals surface area contributed by atoms with Gasteiger partial charge in [-0.25, -0.2) is 87.8 Å². The molecule has 4 nitrogen and oxygen atoms in total. The molecule has 6 aromatic carbocycles. The molecule has 0 unspecified atom stereocenters. The molecule has 0 fully saturated rings. The van der Waals surface area contributed by atoms with Crippen LogP contribution in [0.2, 0.25) is 0 Å². The zero-order valence-electron chi connectivity index (χ0n) is 32.1. The lowest BCUT2D eigenvalue weighted by molar-refractivity contribution is -0.687. The summed E-state index contributed by atoms with van der Waals surface area (Å²) in [6.07, 6.45) is -5.42. The Balaban J connectivity index is 0.000000279. The molecule has 0 aliphatic rings. The molecular formula is C42H16BF20NO3. The fourth-order valence-electron chi connectivity index (χ4n) is 7.32. The fraction of sp³-hybridized carbons (Fsp3) is 0.0476. The van der Waals surface area contributed by atoms with Gasteiger partial charge >= 0.3 is 5.88 Å². The lowest BCUT2D eigenvalue weighted by atomic mass is 9.12. The summed E-state index contributed by atoms with van der Waals surface area (Å²) in [7, 11) is 0. The predicted octanol–water partition coefficient (Wildman–Crippen LogP) is 8.18. The third-order valence-corrected chi connectivity index (χ3v) is 10.2. The van der Waals surface area contributed by atoms with Gasteiger partial charge in [0.1, 0.15) is 52.7 Å². The fourth-order valence-corrected chi connectivity index (χ4v) is 7.32. The first-order valence-corrected chi connectivity index (χ1v) is 18.0. The van der Waals surface area contributed by atoms with Crippen LogP contribution in [0.5, 0.6) is 5.88 Å². The van der Waals surface area contributed by atoms with Crippen molar-refractivity contribution in [3.05, 3.63) is 189 Å². The van der Waals surface area contributed by atoms with E-state index >= 15 is 35.1 Å². The summed E-state index contributed by atoms with van der Waals surface area (Å²) >= 11 is 0. The topological polar surface area (TPSA) is 50.4 Å². The Labute approximate surface area is 359 Å². The molecule has 7 rings (SSSR count). The van der Waals surface area contributed by atoms with Crippen LogP contribution in [0.3, 0.4) is 0 Å². The quantitative estimate of drug-likeness (QED) is 0.0302. The van der Waals surface area contributed by atoms with Crippen LogP contribution < -0.4 is 31.2 Å². The van der Waals surface area contributed by atoms with E-state index in [9.17, 15) is 57.5 Å². The zero-order chi connectivity index (χ0) is 49.7. The number of hydrogen-bond donors (Lipinski definition) is 1. The summed E-state index contributed by atoms with van der Waals surface area (Å²) in [5.74, 6) is -70.9. The van der Waals surface area contributed by atoms with Gasteiger partial charge in [-0.3, -0.25) is 4.79 Å². The number of aliphatic hydroxyl groups is 1. The summed E-state index contributed by atoms with van der Waals surface area (Å²) in [6, 6.07) is 18.8. The Morgan fingerprint density at radius 1 is 0.418 bits per heavy atom. The van der Waals surface area contributed by atoms with Crippen LogP contribution in [0.15, 0.2) is 66.9 Å². The summed E-state index contributed by atoms with van der Waals surface area (Å²) in [5, 5.41) is 11.0. The van der Waals surface area contributed by atoms with Crippen LogP contribution in [0, 0.1) is 116 Å². The summed E-state index contributed by atoms with van der Waals surface area (Å²) in [6.45, 7) is -0.280. The number of aliphatic hydroxyl groups excluding tert-OH is 1. The first kappa shape index (κ1) is 49.3. The molecule has 7 aromatic rings. The van der Waals surface area contributed by atoms with Gasteiger partial charge in [0.25, 0.3) is 0 Å². The molecule has 0 aliphatic carbocycles. The number of carbonyl (C=O) groups excluding carboxylic acids is 1. The van der Waals surface area contributed by atoms with E-state index in [1.54, 1.807) is 22.9 Å². The molecule has 1 aromatic heterocycles. The minimum Gasteiger partial charge on any atom is -0.417 e. The number of aromatic nitrogens is 1. The maximum Gasteiger partial charge on any atom is 0.378 e. The van der Waals surface area contributed by atoms with Gasteiger partial charge < -0.3 is 9.84 Å². The van der Waals surface area contributed by atoms with Gasteiger partial charge in [0.15, 0.2) is 82.8 Å². The smallest absolute Gasteiger partial charge is 0.378 e. The van der Waals surface area contributed by atoms with Gasteiger partial charge in [-0.2, -0.15) is 4.57 Å². The Morgan fingerprint density at radius 3 is 1.04 bits per heavy atom. The van der Waals surface area contributed by atoms with Crippen LogP contribution >= 0.6 is 0 Å². The molecule has 0 aliphatic heterocycles. The van der Waals surface area contributed by atoms with E-state index in [2.05, 4.69) is 0 Å². The number of hydrogen-bond acceptors (Lipinski definition) is 3. The second kappa shape index (κ2) is 18.6. The summed E-state index contributed by atoms with van der Waals surface area (Å²) < 4.78 is 301. The number of fused-ring (bicyclic) bond motifs is 1. The number of ketones is 1. The molecule has 0 saturated carbocycles. The Morgan fingerprint density at radius 2 is 0.716 bits per heavy atom. The number of ether oxygens (including phenoxy) is 1. The predicted molar refractivity (Wildman–Crippen MR) is 192 cm³/mol. The normalized spacial score (nSPS) is 11.5. The van der Waals surface area contributed by atoms with Crippen LogP contribution in [-0.2, 0) is 6.54 Å². The number of pyridine rings is 1. The summed E-state index contributed by atoms with van der Waals surface area (Å²) in [5.41, 5.74) is -13.7. The highest BCUT2D eigenvalue weighted by molar-refractivity contribution is 7.20. The number of halogens is 20. The zero-order valence-corrected chi connectivity index (χ0v) is 32.1. The van der Waals surface area contributed by atoms with Gasteiger partial charge in [0, 0.05) is 11.6 Å². The molecule has 0 bridgehead atoms. The molecule has 0 amide bonds. The molecule has 25 heteroatoms. The largest absolute Gasteiger partial charge is 0.417 e. The molecule has 0 atom stereocenters. The van der Waals surface area contributed by atoms with E-state index < -0.39 is 151 Å². The molecule has 0 radical (unpaired) electrons. The second-order valence-electron chi connectivity index (χ2n) is 13.7. The van der Waals surface area contributed by atoms with Crippen LogP contribution in [0.4, 0.5) is 87.8 Å². The molecule has 0 saturated heterocycles. The van der Waals surface area contributed by atoms with Gasteiger partial charge in [0.2, 0.25) is 12.3 Å². The van der Waals surface area contributed by atoms with Gasteiger partial charge in [-0.15, -0.1) is 21.9 Å². The number of nitrogens with zero attached hydrogens (tertiary/aromatic N) is 1. The van der Waals surface area contributed by atoms with Crippen molar-refractivity contribution in [2.75, 3.05) is 6.79 Å². The Hall–Kier alpha value is -7.18. The van der Waals surface area contributed by atoms with Crippen molar-refractivity contribution >= 4 is 44.6 Å². The third kappa shape index (κ3) is 7.82. The van der Waals surface area contributed by atoms with Crippen molar-refractivity contribution < 1.29 is 107 Å². The van der Waals surface area contributed by atoms with Gasteiger partial charge in [0.05, 0.1) is 5.39 Å². The first-order valence-electron chi connectivity index (χ1n) is 18.0. The molecule has 350 valence electrons. The molecule has 1 N–H and O–H groups in total. The SMILES string of the molecule is Fc1c(F)c(F)c([B-](c2c(F)c(F)c(F)c(F)c2F)(c2c(F)c(F)c(F)c(F)c2F)c2c(F)c(F)c(F)c(F)c2F)c(F)c1F.O=C(C[n+]1ccc2ccccc2c1OCO)c1ccccc1. The Kier molecular flexibility index (Phi) is 13.7. The molecular weight excluding hydrogens is 957 g/mol. The Bertz CT molecular complexity index is 2770. The third-order valence-electron chi connectivity index (χ3n) is 10.2. The molecule has 1 heterocycles. The number of carbonyl (C=O) groups is 1. The van der Waals surface area contributed by atoms with Gasteiger partial charge in [-0.05, 0) is 11.5 Å². The maximum absolute atomic E-state index is 15.4. The lowest BCUT2D eigenvalue weighted by Gasteiger charge is -2.44. The standard InChI is InChI=1S/C24BF20.C18H16NO3/c26-5-1(6(27)14(35)21(42)13(5)34)25(2-7(28)15(36)22(43)16(37)8(2)29,3-9(30)17(38)23(44)18(39)10(3)31)4-11(32)19(40)24(45)20(41)12(4)33;20-13-22-18-16-9-5-4-6-14(16)10-11-19(18)12-17(21)15-7-2-1-3-8-15/h;1-11,20H,12-13H2/q-1;+1. The van der Waals surface area contributed by atoms with E-state index in [1.807, 2.05) is 48.5 Å². The maximum atomic E-state index is 15.4. The minimum absolute atomic E-state index is 0.0105. The van der Waals surface area contributed by atoms with Gasteiger partial charge in [-0.1, -0.05) is 48.5 Å². The molecule has 67 heavy (non-hydrogen) atoms. The van der Waals surface area contributed by atoms with Crippen molar-refractivity contribution in [1.29, 1.82) is 0 Å². The van der Waals surface area contributed by atoms with E-state index in [-0.39, 0.29) is 12.3 Å². The highest BCUT2D eigenvalue weighted by Gasteiger charge is 2.52. The monoisotopic (exact) mass is 973 g/mol. The van der Waals surface area contributed by atoms with Crippen molar-refractivity contribution in [2.45, 2.75) is 6.54 Å². The van der Waals surface area contributed by atoms with Crippen LogP contribution in [0.25, 0.3) is 10.8 Å². The highest BCUT2D eigenvalue weighted by Crippen LogP contribution is 2.31. The van der Waals surface area contributed by atoms with Crippen molar-refractivity contribution in [2.24, 2.45) is 0 Å². The first-order chi connectivity index (χ1) is 31.5. The van der Waals surface area contributed by atoms with E-state index in [0.29, 0.717) is 11.4 Å². The lowest BCUT2D eigenvalue weighted by Crippen LogP contribution is -2.81. The number of benzene rings is 6. The second-order valence-corrected chi connectivity index (χ2v) is 13.7. The van der Waals surface area contributed by atoms with Crippen molar-refractivity contribution in [3.8, 4) is 5.88 Å². The number of Topliss-reactive ketones (excluding diaryl/α,β-unsaturated/α-hetero) is 1. The highest BCUT2D eigenvalue weighted by atomic mass is 19.2.